The second-order valence-electron chi connectivity index (χ2n) is 6.99. The molecule has 1 heterocycles. The Morgan fingerprint density at radius 2 is 2.00 bits per heavy atom. The summed E-state index contributed by atoms with van der Waals surface area (Å²) in [7, 11) is 0. The first-order valence-electron chi connectivity index (χ1n) is 9.60. The van der Waals surface area contributed by atoms with Gasteiger partial charge in [0.05, 0.1) is 26.2 Å². The number of carbonyl (C=O) groups is 3. The van der Waals surface area contributed by atoms with Gasteiger partial charge in [-0.15, -0.1) is 0 Å². The number of ether oxygens (including phenoxy) is 2. The Morgan fingerprint density at radius 1 is 1.29 bits per heavy atom. The first kappa shape index (κ1) is 21.5. The number of benzene rings is 1. The SMILES string of the molecule is CCOc1ccc(NCC(=O)N2CCNC(=O)C2CC(=O)OCC(C)C)cc1. The Morgan fingerprint density at radius 3 is 2.64 bits per heavy atom. The molecule has 0 spiro atoms. The highest BCUT2D eigenvalue weighted by Crippen LogP contribution is 2.16. The number of amides is 2. The third-order valence-corrected chi connectivity index (χ3v) is 4.20. The number of nitrogens with zero attached hydrogens (tertiary/aromatic N) is 1. The fourth-order valence-electron chi connectivity index (χ4n) is 2.81. The van der Waals surface area contributed by atoms with E-state index in [1.54, 1.807) is 0 Å². The number of piperazine rings is 1. The molecule has 2 N–H and O–H groups in total. The maximum absolute atomic E-state index is 12.7. The van der Waals surface area contributed by atoms with Crippen LogP contribution in [0, 0.1) is 5.92 Å². The van der Waals surface area contributed by atoms with E-state index in [1.807, 2.05) is 45.0 Å². The number of rotatable bonds is 9. The van der Waals surface area contributed by atoms with Crippen molar-refractivity contribution >= 4 is 23.5 Å². The van der Waals surface area contributed by atoms with Gasteiger partial charge in [0.1, 0.15) is 11.8 Å². The van der Waals surface area contributed by atoms with Gasteiger partial charge in [-0.3, -0.25) is 14.4 Å². The van der Waals surface area contributed by atoms with E-state index >= 15 is 0 Å². The Bertz CT molecular complexity index is 675. The molecule has 2 amide bonds. The van der Waals surface area contributed by atoms with Gasteiger partial charge in [-0.25, -0.2) is 0 Å². The van der Waals surface area contributed by atoms with Crippen molar-refractivity contribution in [2.45, 2.75) is 33.2 Å². The van der Waals surface area contributed by atoms with Crippen LogP contribution in [0.1, 0.15) is 27.2 Å². The molecule has 154 valence electrons. The zero-order chi connectivity index (χ0) is 20.5. The highest BCUT2D eigenvalue weighted by molar-refractivity contribution is 5.93. The normalized spacial score (nSPS) is 16.5. The minimum absolute atomic E-state index is 0.0266. The van der Waals surface area contributed by atoms with E-state index in [2.05, 4.69) is 10.6 Å². The molecule has 1 unspecified atom stereocenters. The third kappa shape index (κ3) is 6.44. The highest BCUT2D eigenvalue weighted by Gasteiger charge is 2.34. The zero-order valence-electron chi connectivity index (χ0n) is 16.7. The second kappa shape index (κ2) is 10.5. The molecule has 1 aliphatic rings. The number of hydrogen-bond acceptors (Lipinski definition) is 6. The zero-order valence-corrected chi connectivity index (χ0v) is 16.7. The Balaban J connectivity index is 1.92. The van der Waals surface area contributed by atoms with Crippen molar-refractivity contribution in [1.82, 2.24) is 10.2 Å². The van der Waals surface area contributed by atoms with E-state index in [0.717, 1.165) is 11.4 Å². The number of esters is 1. The molecule has 8 nitrogen and oxygen atoms in total. The molecule has 0 saturated carbocycles. The van der Waals surface area contributed by atoms with Crippen LogP contribution in [-0.2, 0) is 19.1 Å². The summed E-state index contributed by atoms with van der Waals surface area (Å²) >= 11 is 0. The van der Waals surface area contributed by atoms with Crippen LogP contribution in [0.15, 0.2) is 24.3 Å². The quantitative estimate of drug-likeness (QED) is 0.618. The van der Waals surface area contributed by atoms with Gasteiger partial charge in [0, 0.05) is 18.8 Å². The smallest absolute Gasteiger partial charge is 0.308 e. The van der Waals surface area contributed by atoms with Crippen molar-refractivity contribution < 1.29 is 23.9 Å². The van der Waals surface area contributed by atoms with Crippen LogP contribution in [-0.4, -0.2) is 61.6 Å². The lowest BCUT2D eigenvalue weighted by atomic mass is 10.1. The lowest BCUT2D eigenvalue weighted by Crippen LogP contribution is -2.58. The van der Waals surface area contributed by atoms with Crippen molar-refractivity contribution in [1.29, 1.82) is 0 Å². The summed E-state index contributed by atoms with van der Waals surface area (Å²) in [5.41, 5.74) is 0.770. The number of nitrogens with one attached hydrogen (secondary N) is 2. The van der Waals surface area contributed by atoms with Crippen molar-refractivity contribution in [2.75, 3.05) is 38.2 Å². The standard InChI is InChI=1S/C20H29N3O5/c1-4-27-16-7-5-15(6-8-16)22-12-18(24)23-10-9-21-20(26)17(23)11-19(25)28-13-14(2)3/h5-8,14,17,22H,4,9-13H2,1-3H3,(H,21,26). The van der Waals surface area contributed by atoms with E-state index < -0.39 is 12.0 Å². The van der Waals surface area contributed by atoms with Gasteiger partial charge < -0.3 is 25.0 Å². The molecule has 1 aromatic carbocycles. The highest BCUT2D eigenvalue weighted by atomic mass is 16.5. The van der Waals surface area contributed by atoms with E-state index in [1.165, 1.54) is 4.90 Å². The minimum atomic E-state index is -0.844. The number of hydrogen-bond donors (Lipinski definition) is 2. The molecule has 1 atom stereocenters. The molecule has 0 bridgehead atoms. The van der Waals surface area contributed by atoms with Gasteiger partial charge in [-0.05, 0) is 37.1 Å². The average molecular weight is 391 g/mol. The summed E-state index contributed by atoms with van der Waals surface area (Å²) < 4.78 is 10.5. The van der Waals surface area contributed by atoms with Gasteiger partial charge in [0.25, 0.3) is 0 Å². The Labute approximate surface area is 165 Å². The lowest BCUT2D eigenvalue weighted by molar-refractivity contribution is -0.152. The summed E-state index contributed by atoms with van der Waals surface area (Å²) in [5.74, 6) is -0.0900. The Kier molecular flexibility index (Phi) is 8.10. The van der Waals surface area contributed by atoms with Gasteiger partial charge >= 0.3 is 5.97 Å². The molecular formula is C20H29N3O5. The molecule has 1 aromatic rings. The second-order valence-corrected chi connectivity index (χ2v) is 6.99. The largest absolute Gasteiger partial charge is 0.494 e. The van der Waals surface area contributed by atoms with Crippen molar-refractivity contribution in [3.05, 3.63) is 24.3 Å². The molecule has 0 radical (unpaired) electrons. The van der Waals surface area contributed by atoms with E-state index in [9.17, 15) is 14.4 Å². The topological polar surface area (TPSA) is 97.0 Å². The predicted molar refractivity (Wildman–Crippen MR) is 105 cm³/mol. The molecule has 1 aliphatic heterocycles. The monoisotopic (exact) mass is 391 g/mol. The molecular weight excluding hydrogens is 362 g/mol. The van der Waals surface area contributed by atoms with Crippen molar-refractivity contribution in [2.24, 2.45) is 5.92 Å². The van der Waals surface area contributed by atoms with Crippen LogP contribution >= 0.6 is 0 Å². The molecule has 2 rings (SSSR count). The van der Waals surface area contributed by atoms with Crippen molar-refractivity contribution in [3.8, 4) is 5.75 Å². The summed E-state index contributed by atoms with van der Waals surface area (Å²) in [6.07, 6.45) is -0.145. The maximum atomic E-state index is 12.7. The molecule has 8 heteroatoms. The van der Waals surface area contributed by atoms with Gasteiger partial charge in [0.15, 0.2) is 0 Å². The van der Waals surface area contributed by atoms with Gasteiger partial charge in [-0.2, -0.15) is 0 Å². The summed E-state index contributed by atoms with van der Waals surface area (Å²) in [6.45, 7) is 7.41. The predicted octanol–water partition coefficient (Wildman–Crippen LogP) is 1.41. The molecule has 1 fully saturated rings. The van der Waals surface area contributed by atoms with E-state index in [4.69, 9.17) is 9.47 Å². The van der Waals surface area contributed by atoms with Crippen LogP contribution in [0.5, 0.6) is 5.75 Å². The molecule has 28 heavy (non-hydrogen) atoms. The third-order valence-electron chi connectivity index (χ3n) is 4.20. The number of anilines is 1. The lowest BCUT2D eigenvalue weighted by Gasteiger charge is -2.34. The number of carbonyl (C=O) groups excluding carboxylic acids is 3. The fourth-order valence-corrected chi connectivity index (χ4v) is 2.81. The van der Waals surface area contributed by atoms with Crippen LogP contribution in [0.25, 0.3) is 0 Å². The molecule has 0 aromatic heterocycles. The van der Waals surface area contributed by atoms with Crippen LogP contribution in [0.4, 0.5) is 5.69 Å². The van der Waals surface area contributed by atoms with Crippen LogP contribution in [0.3, 0.4) is 0 Å². The first-order chi connectivity index (χ1) is 13.4. The van der Waals surface area contributed by atoms with Crippen LogP contribution in [0.2, 0.25) is 0 Å². The van der Waals surface area contributed by atoms with Crippen LogP contribution < -0.4 is 15.4 Å². The molecule has 0 aliphatic carbocycles. The first-order valence-corrected chi connectivity index (χ1v) is 9.60. The summed E-state index contributed by atoms with van der Waals surface area (Å²) in [6, 6.07) is 6.43. The minimum Gasteiger partial charge on any atom is -0.494 e. The van der Waals surface area contributed by atoms with E-state index in [-0.39, 0.29) is 30.7 Å². The summed E-state index contributed by atoms with van der Waals surface area (Å²) in [4.78, 5) is 38.3. The Hall–Kier alpha value is -2.77. The fraction of sp³-hybridized carbons (Fsp3) is 0.550. The average Bonchev–Trinajstić information content (AvgIpc) is 2.67. The van der Waals surface area contributed by atoms with Crippen molar-refractivity contribution in [3.63, 3.8) is 0 Å². The van der Waals surface area contributed by atoms with E-state index in [0.29, 0.717) is 26.3 Å². The molecule has 1 saturated heterocycles. The summed E-state index contributed by atoms with van der Waals surface area (Å²) in [5, 5.41) is 5.75. The van der Waals surface area contributed by atoms with Gasteiger partial charge in [0.2, 0.25) is 11.8 Å². The van der Waals surface area contributed by atoms with Gasteiger partial charge in [-0.1, -0.05) is 13.8 Å². The maximum Gasteiger partial charge on any atom is 0.308 e.